The summed E-state index contributed by atoms with van der Waals surface area (Å²) in [7, 11) is 0. The molecule has 0 spiro atoms. The molecule has 0 saturated heterocycles. The normalized spacial score (nSPS) is 12.9. The minimum atomic E-state index is -4.42. The third-order valence-corrected chi connectivity index (χ3v) is 8.04. The molecule has 0 aliphatic carbocycles. The molecule has 0 N–H and O–H groups in total. The first-order chi connectivity index (χ1) is 20.8. The smallest absolute Gasteiger partial charge is 0.181 e. The quantitative estimate of drug-likeness (QED) is 0.117. The Morgan fingerprint density at radius 3 is 1.60 bits per heavy atom. The molecule has 0 unspecified atom stereocenters. The van der Waals surface area contributed by atoms with Gasteiger partial charge in [0.25, 0.3) is 0 Å². The van der Waals surface area contributed by atoms with Gasteiger partial charge < -0.3 is 0 Å². The molecule has 0 aliphatic heterocycles. The average Bonchev–Trinajstić information content (AvgIpc) is 3.47. The lowest BCUT2D eigenvalue weighted by atomic mass is 10.0. The molecule has 7 aromatic carbocycles. The van der Waals surface area contributed by atoms with Gasteiger partial charge in [-0.3, -0.25) is 0 Å². The number of hydrogen-bond donors (Lipinski definition) is 0. The molecular weight excluding hydrogens is 545 g/mol. The number of rotatable bonds is 2. The van der Waals surface area contributed by atoms with Gasteiger partial charge in [-0.05, 0) is 87.1 Å². The summed E-state index contributed by atoms with van der Waals surface area (Å²) in [6.45, 7) is 9.56. The van der Waals surface area contributed by atoms with Crippen LogP contribution < -0.4 is 10.7 Å². The monoisotopic (exact) mass is 564 g/mol. The van der Waals surface area contributed by atoms with Crippen LogP contribution >= 0.6 is 0 Å². The van der Waals surface area contributed by atoms with E-state index in [1.54, 1.807) is 0 Å². The van der Waals surface area contributed by atoms with Crippen molar-refractivity contribution in [1.29, 1.82) is 5.26 Å². The summed E-state index contributed by atoms with van der Waals surface area (Å²) in [6.07, 6.45) is -2.51. The number of aryl methyl sites for hydroxylation is 1. The first kappa shape index (κ1) is 26.1. The van der Waals surface area contributed by atoms with Gasteiger partial charge in [-0.25, -0.2) is 0 Å². The molecule has 7 rings (SSSR count). The van der Waals surface area contributed by atoms with Crippen LogP contribution in [0.4, 0.5) is 13.2 Å². The van der Waals surface area contributed by atoms with E-state index in [0.29, 0.717) is 21.8 Å². The topological polar surface area (TPSA) is 52.9 Å². The van der Waals surface area contributed by atoms with Crippen LogP contribution in [0.25, 0.3) is 70.3 Å². The molecule has 0 amide bonds. The summed E-state index contributed by atoms with van der Waals surface area (Å²) < 4.78 is 39.3. The van der Waals surface area contributed by atoms with Crippen LogP contribution in [0.15, 0.2) is 107 Å². The molecule has 0 heterocycles. The van der Waals surface area contributed by atoms with E-state index in [4.69, 9.17) is 6.57 Å². The van der Waals surface area contributed by atoms with Crippen molar-refractivity contribution >= 4 is 43.1 Å². The fourth-order valence-corrected chi connectivity index (χ4v) is 5.96. The van der Waals surface area contributed by atoms with Crippen molar-refractivity contribution in [3.05, 3.63) is 130 Å². The molecule has 0 aliphatic rings. The first-order valence-corrected chi connectivity index (χ1v) is 13.4. The van der Waals surface area contributed by atoms with Gasteiger partial charge in [0.1, 0.15) is 0 Å². The number of nitrogens with zero attached hydrogens (tertiary/aromatic N) is 4. The van der Waals surface area contributed by atoms with Crippen LogP contribution in [0, 0.1) is 25.0 Å². The second-order valence-corrected chi connectivity index (χ2v) is 10.5. The molecule has 0 bridgehead atoms. The second kappa shape index (κ2) is 9.65. The van der Waals surface area contributed by atoms with Crippen LogP contribution in [-0.4, -0.2) is 0 Å². The summed E-state index contributed by atoms with van der Waals surface area (Å²) >= 11 is 0. The van der Waals surface area contributed by atoms with Gasteiger partial charge in [0, 0.05) is 21.5 Å². The van der Waals surface area contributed by atoms with E-state index in [9.17, 15) is 18.4 Å². The Hall–Kier alpha value is -5.79. The zero-order valence-electron chi connectivity index (χ0n) is 22.7. The van der Waals surface area contributed by atoms with E-state index in [0.717, 1.165) is 66.3 Å². The van der Waals surface area contributed by atoms with Gasteiger partial charge in [-0.15, -0.1) is 4.95 Å². The highest BCUT2D eigenvalue weighted by Gasteiger charge is 2.30. The Balaban J connectivity index is 1.48. The zero-order chi connectivity index (χ0) is 29.9. The molecule has 204 valence electrons. The molecule has 7 aromatic rings. The number of benzene rings is 5. The van der Waals surface area contributed by atoms with E-state index in [1.165, 1.54) is 17.7 Å². The number of alkyl halides is 3. The van der Waals surface area contributed by atoms with Gasteiger partial charge in [0.15, 0.2) is 5.36 Å². The minimum absolute atomic E-state index is 0.475. The molecule has 7 heteroatoms. The molecule has 0 radical (unpaired) electrons. The molecule has 0 saturated carbocycles. The van der Waals surface area contributed by atoms with Crippen molar-refractivity contribution in [1.82, 2.24) is 0 Å². The maximum absolute atomic E-state index is 13.1. The average molecular weight is 565 g/mol. The number of nitriles is 1. The third kappa shape index (κ3) is 4.22. The minimum Gasteiger partial charge on any atom is -0.181 e. The standard InChI is InChI=1S/C36H19F3N4/c1-20-3-5-21(6-4-20)24-10-14-27-29-17-28-26-13-9-23(22-7-11-25(12-8-22)36(37,38)39)15-30(26)34(42-19-40)32(28)18-33(29)35(43-41-2)31(27)16-24/h3-18H,1H3/b42-34+,43-35+. The SMILES string of the molecule is [C-]#[N+]/N=c1\c2cc(-c3ccc(C)cc3)ccc2c2cc3c(cc12)/c(=N/C#N)c1cc(-c2ccc(C(F)(F)F)cc2)ccc13. The van der Waals surface area contributed by atoms with Crippen LogP contribution in [-0.2, 0) is 6.18 Å². The van der Waals surface area contributed by atoms with Crippen molar-refractivity contribution in [3.63, 3.8) is 0 Å². The number of fused-ring (bicyclic) bond motifs is 6. The zero-order valence-corrected chi connectivity index (χ0v) is 22.7. The maximum atomic E-state index is 13.1. The fourth-order valence-electron chi connectivity index (χ4n) is 5.96. The van der Waals surface area contributed by atoms with Crippen molar-refractivity contribution in [2.45, 2.75) is 13.1 Å². The van der Waals surface area contributed by atoms with Gasteiger partial charge in [0.05, 0.1) is 16.0 Å². The van der Waals surface area contributed by atoms with E-state index in [1.807, 2.05) is 37.4 Å². The lowest BCUT2D eigenvalue weighted by molar-refractivity contribution is -0.137. The van der Waals surface area contributed by atoms with E-state index >= 15 is 0 Å². The second-order valence-electron chi connectivity index (χ2n) is 10.5. The van der Waals surface area contributed by atoms with Crippen molar-refractivity contribution in [3.8, 4) is 28.4 Å². The Morgan fingerprint density at radius 1 is 0.605 bits per heavy atom. The van der Waals surface area contributed by atoms with Crippen molar-refractivity contribution in [2.75, 3.05) is 0 Å². The van der Waals surface area contributed by atoms with Crippen LogP contribution in [0.1, 0.15) is 11.1 Å². The van der Waals surface area contributed by atoms with E-state index < -0.39 is 11.7 Å². The van der Waals surface area contributed by atoms with Crippen molar-refractivity contribution < 1.29 is 13.2 Å². The number of hydrogen-bond acceptors (Lipinski definition) is 3. The van der Waals surface area contributed by atoms with E-state index in [2.05, 4.69) is 63.6 Å². The Bertz CT molecular complexity index is 2450. The highest BCUT2D eigenvalue weighted by atomic mass is 19.4. The number of halogens is 3. The lowest BCUT2D eigenvalue weighted by Crippen LogP contribution is -2.04. The Morgan fingerprint density at radius 2 is 1.07 bits per heavy atom. The van der Waals surface area contributed by atoms with Gasteiger partial charge in [-0.1, -0.05) is 66.2 Å². The predicted molar refractivity (Wildman–Crippen MR) is 163 cm³/mol. The molecule has 4 nitrogen and oxygen atoms in total. The molecular formula is C36H19F3N4. The molecule has 0 fully saturated rings. The predicted octanol–water partition coefficient (Wildman–Crippen LogP) is 8.95. The lowest BCUT2D eigenvalue weighted by Gasteiger charge is -2.08. The van der Waals surface area contributed by atoms with E-state index in [-0.39, 0.29) is 0 Å². The van der Waals surface area contributed by atoms with Gasteiger partial charge in [-0.2, -0.15) is 30.0 Å². The van der Waals surface area contributed by atoms with Crippen LogP contribution in [0.5, 0.6) is 0 Å². The Kier molecular flexibility index (Phi) is 5.86. The molecule has 43 heavy (non-hydrogen) atoms. The summed E-state index contributed by atoms with van der Waals surface area (Å²) in [4.78, 5) is 7.54. The molecule has 0 aromatic heterocycles. The highest BCUT2D eigenvalue weighted by molar-refractivity contribution is 6.21. The summed E-state index contributed by atoms with van der Waals surface area (Å²) in [5, 5.41) is 21.6. The van der Waals surface area contributed by atoms with Gasteiger partial charge >= 0.3 is 6.18 Å². The maximum Gasteiger partial charge on any atom is 0.416 e. The van der Waals surface area contributed by atoms with Gasteiger partial charge in [0.2, 0.25) is 6.19 Å². The first-order valence-electron chi connectivity index (χ1n) is 13.4. The third-order valence-electron chi connectivity index (χ3n) is 8.04. The summed E-state index contributed by atoms with van der Waals surface area (Å²) in [5.74, 6) is 0. The summed E-state index contributed by atoms with van der Waals surface area (Å²) in [5.41, 5.74) is 3.87. The largest absolute Gasteiger partial charge is 0.416 e. The fraction of sp³-hybridized carbons (Fsp3) is 0.0556. The van der Waals surface area contributed by atoms with Crippen LogP contribution in [0.3, 0.4) is 0 Å². The highest BCUT2D eigenvalue weighted by Crippen LogP contribution is 2.36. The Labute approximate surface area is 243 Å². The summed E-state index contributed by atoms with van der Waals surface area (Å²) in [6, 6.07) is 29.1. The van der Waals surface area contributed by atoms with Crippen molar-refractivity contribution in [2.24, 2.45) is 10.1 Å². The molecule has 0 atom stereocenters. The van der Waals surface area contributed by atoms with Crippen LogP contribution in [0.2, 0.25) is 0 Å².